The van der Waals surface area contributed by atoms with Crippen LogP contribution in [-0.2, 0) is 6.42 Å². The minimum atomic E-state index is 0.787. The smallest absolute Gasteiger partial charge is 0.0705 e. The van der Waals surface area contributed by atoms with Gasteiger partial charge in [-0.3, -0.25) is 4.98 Å². The van der Waals surface area contributed by atoms with Gasteiger partial charge in [0, 0.05) is 23.5 Å². The maximum absolute atomic E-state index is 4.61. The molecule has 1 aromatic carbocycles. The van der Waals surface area contributed by atoms with Crippen molar-refractivity contribution in [3.63, 3.8) is 0 Å². The highest BCUT2D eigenvalue weighted by molar-refractivity contribution is 5.68. The SMILES string of the molecule is CCC[C@H]1CNc2cc(-c3cccc(C)n3)ccc2C1. The summed E-state index contributed by atoms with van der Waals surface area (Å²) in [4.78, 5) is 4.61. The maximum Gasteiger partial charge on any atom is 0.0705 e. The number of pyridine rings is 1. The number of benzene rings is 1. The molecule has 0 amide bonds. The zero-order valence-corrected chi connectivity index (χ0v) is 12.3. The summed E-state index contributed by atoms with van der Waals surface area (Å²) in [6.45, 7) is 5.41. The Morgan fingerprint density at radius 3 is 2.95 bits per heavy atom. The average molecular weight is 266 g/mol. The van der Waals surface area contributed by atoms with E-state index in [9.17, 15) is 0 Å². The molecule has 1 atom stereocenters. The van der Waals surface area contributed by atoms with Gasteiger partial charge in [-0.05, 0) is 49.4 Å². The van der Waals surface area contributed by atoms with Crippen LogP contribution in [0.1, 0.15) is 31.0 Å². The van der Waals surface area contributed by atoms with Crippen LogP contribution in [0.4, 0.5) is 5.69 Å². The number of nitrogens with one attached hydrogen (secondary N) is 1. The topological polar surface area (TPSA) is 24.9 Å². The van der Waals surface area contributed by atoms with Gasteiger partial charge in [-0.25, -0.2) is 0 Å². The summed E-state index contributed by atoms with van der Waals surface area (Å²) in [5.41, 5.74) is 6.07. The van der Waals surface area contributed by atoms with Crippen molar-refractivity contribution in [1.29, 1.82) is 0 Å². The predicted octanol–water partition coefficient (Wildman–Crippen LogP) is 4.44. The van der Waals surface area contributed by atoms with Crippen LogP contribution in [0, 0.1) is 12.8 Å². The van der Waals surface area contributed by atoms with Crippen molar-refractivity contribution in [1.82, 2.24) is 4.98 Å². The molecule has 1 aliphatic rings. The van der Waals surface area contributed by atoms with Crippen molar-refractivity contribution in [3.8, 4) is 11.3 Å². The van der Waals surface area contributed by atoms with Gasteiger partial charge >= 0.3 is 0 Å². The van der Waals surface area contributed by atoms with Crippen LogP contribution in [0.3, 0.4) is 0 Å². The molecule has 20 heavy (non-hydrogen) atoms. The lowest BCUT2D eigenvalue weighted by molar-refractivity contribution is 0.489. The second-order valence-corrected chi connectivity index (χ2v) is 5.78. The third kappa shape index (κ3) is 2.69. The molecule has 0 saturated heterocycles. The molecular formula is C18H22N2. The number of hydrogen-bond acceptors (Lipinski definition) is 2. The maximum atomic E-state index is 4.61. The normalized spacial score (nSPS) is 17.4. The molecule has 0 saturated carbocycles. The van der Waals surface area contributed by atoms with Gasteiger partial charge in [0.1, 0.15) is 0 Å². The first-order chi connectivity index (χ1) is 9.76. The molecule has 1 aliphatic heterocycles. The molecule has 0 unspecified atom stereocenters. The Labute approximate surface area is 121 Å². The van der Waals surface area contributed by atoms with Gasteiger partial charge in [-0.15, -0.1) is 0 Å². The Kier molecular flexibility index (Phi) is 3.72. The molecule has 2 heterocycles. The van der Waals surface area contributed by atoms with Gasteiger partial charge in [0.25, 0.3) is 0 Å². The zero-order chi connectivity index (χ0) is 13.9. The number of anilines is 1. The van der Waals surface area contributed by atoms with Crippen LogP contribution < -0.4 is 5.32 Å². The van der Waals surface area contributed by atoms with Crippen LogP contribution in [0.2, 0.25) is 0 Å². The Hall–Kier alpha value is -1.83. The Morgan fingerprint density at radius 1 is 1.25 bits per heavy atom. The van der Waals surface area contributed by atoms with Crippen LogP contribution in [0.5, 0.6) is 0 Å². The minimum absolute atomic E-state index is 0.787. The average Bonchev–Trinajstić information content (AvgIpc) is 2.47. The number of nitrogens with zero attached hydrogens (tertiary/aromatic N) is 1. The molecule has 2 nitrogen and oxygen atoms in total. The van der Waals surface area contributed by atoms with Gasteiger partial charge < -0.3 is 5.32 Å². The summed E-state index contributed by atoms with van der Waals surface area (Å²) >= 11 is 0. The third-order valence-electron chi connectivity index (χ3n) is 4.08. The molecule has 0 radical (unpaired) electrons. The first-order valence-electron chi connectivity index (χ1n) is 7.57. The fourth-order valence-electron chi connectivity index (χ4n) is 3.03. The highest BCUT2D eigenvalue weighted by atomic mass is 14.9. The fraction of sp³-hybridized carbons (Fsp3) is 0.389. The Balaban J connectivity index is 1.87. The lowest BCUT2D eigenvalue weighted by Crippen LogP contribution is -2.22. The number of rotatable bonds is 3. The minimum Gasteiger partial charge on any atom is -0.385 e. The zero-order valence-electron chi connectivity index (χ0n) is 12.3. The number of aromatic nitrogens is 1. The summed E-state index contributed by atoms with van der Waals surface area (Å²) in [5, 5.41) is 3.59. The summed E-state index contributed by atoms with van der Waals surface area (Å²) in [7, 11) is 0. The number of aryl methyl sites for hydroxylation is 1. The molecule has 2 heteroatoms. The summed E-state index contributed by atoms with van der Waals surface area (Å²) in [6.07, 6.45) is 3.79. The van der Waals surface area contributed by atoms with E-state index < -0.39 is 0 Å². The van der Waals surface area contributed by atoms with E-state index in [1.807, 2.05) is 13.0 Å². The van der Waals surface area contributed by atoms with Crippen molar-refractivity contribution in [3.05, 3.63) is 47.7 Å². The molecule has 2 aromatic rings. The molecule has 104 valence electrons. The largest absolute Gasteiger partial charge is 0.385 e. The molecule has 0 bridgehead atoms. The second kappa shape index (κ2) is 5.66. The fourth-order valence-corrected chi connectivity index (χ4v) is 3.03. The van der Waals surface area contributed by atoms with E-state index in [1.165, 1.54) is 36.1 Å². The molecular weight excluding hydrogens is 244 g/mol. The van der Waals surface area contributed by atoms with E-state index in [-0.39, 0.29) is 0 Å². The Bertz CT molecular complexity index is 604. The highest BCUT2D eigenvalue weighted by Crippen LogP contribution is 2.30. The van der Waals surface area contributed by atoms with Crippen molar-refractivity contribution in [2.45, 2.75) is 33.1 Å². The van der Waals surface area contributed by atoms with Gasteiger partial charge in [0.15, 0.2) is 0 Å². The Morgan fingerprint density at radius 2 is 2.15 bits per heavy atom. The number of fused-ring (bicyclic) bond motifs is 1. The predicted molar refractivity (Wildman–Crippen MR) is 85.0 cm³/mol. The molecule has 0 aliphatic carbocycles. The molecule has 1 aromatic heterocycles. The summed E-state index contributed by atoms with van der Waals surface area (Å²) < 4.78 is 0. The van der Waals surface area contributed by atoms with E-state index in [1.54, 1.807) is 0 Å². The number of hydrogen-bond donors (Lipinski definition) is 1. The van der Waals surface area contributed by atoms with Crippen molar-refractivity contribution >= 4 is 5.69 Å². The lowest BCUT2D eigenvalue weighted by atomic mass is 9.90. The van der Waals surface area contributed by atoms with E-state index >= 15 is 0 Å². The second-order valence-electron chi connectivity index (χ2n) is 5.78. The van der Waals surface area contributed by atoms with E-state index in [4.69, 9.17) is 0 Å². The monoisotopic (exact) mass is 266 g/mol. The molecule has 0 fully saturated rings. The van der Waals surface area contributed by atoms with Crippen LogP contribution >= 0.6 is 0 Å². The molecule has 1 N–H and O–H groups in total. The van der Waals surface area contributed by atoms with E-state index in [0.29, 0.717) is 0 Å². The lowest BCUT2D eigenvalue weighted by Gasteiger charge is -2.26. The summed E-state index contributed by atoms with van der Waals surface area (Å²) in [5.74, 6) is 0.787. The highest BCUT2D eigenvalue weighted by Gasteiger charge is 2.17. The van der Waals surface area contributed by atoms with Crippen LogP contribution in [0.15, 0.2) is 36.4 Å². The summed E-state index contributed by atoms with van der Waals surface area (Å²) in [6, 6.07) is 12.9. The van der Waals surface area contributed by atoms with E-state index in [0.717, 1.165) is 23.9 Å². The van der Waals surface area contributed by atoms with E-state index in [2.05, 4.69) is 47.6 Å². The van der Waals surface area contributed by atoms with Crippen molar-refractivity contribution in [2.24, 2.45) is 5.92 Å². The van der Waals surface area contributed by atoms with Crippen molar-refractivity contribution < 1.29 is 0 Å². The van der Waals surface area contributed by atoms with Gasteiger partial charge in [0.2, 0.25) is 0 Å². The standard InChI is InChI=1S/C18H22N2/c1-3-5-14-10-15-8-9-16(11-18(15)19-12-14)17-7-4-6-13(2)20-17/h4,6-9,11,14,19H,3,5,10,12H2,1-2H3/t14-/m1/s1. The van der Waals surface area contributed by atoms with Gasteiger partial charge in [-0.2, -0.15) is 0 Å². The van der Waals surface area contributed by atoms with Crippen LogP contribution in [0.25, 0.3) is 11.3 Å². The van der Waals surface area contributed by atoms with Gasteiger partial charge in [0.05, 0.1) is 5.69 Å². The van der Waals surface area contributed by atoms with Crippen molar-refractivity contribution in [2.75, 3.05) is 11.9 Å². The van der Waals surface area contributed by atoms with Gasteiger partial charge in [-0.1, -0.05) is 31.5 Å². The quantitative estimate of drug-likeness (QED) is 0.888. The first-order valence-corrected chi connectivity index (χ1v) is 7.57. The van der Waals surface area contributed by atoms with Crippen LogP contribution in [-0.4, -0.2) is 11.5 Å². The molecule has 3 rings (SSSR count). The first kappa shape index (κ1) is 13.2. The third-order valence-corrected chi connectivity index (χ3v) is 4.08. The molecule has 0 spiro atoms.